The minimum atomic E-state index is -1.28. The molecule has 1 aromatic rings. The molecule has 0 saturated carbocycles. The summed E-state index contributed by atoms with van der Waals surface area (Å²) in [5, 5.41) is 9.56. The summed E-state index contributed by atoms with van der Waals surface area (Å²) in [4.78, 5) is 37.0. The number of rotatable bonds is 3. The lowest BCUT2D eigenvalue weighted by Gasteiger charge is -2.23. The first-order chi connectivity index (χ1) is 9.92. The van der Waals surface area contributed by atoms with Crippen molar-refractivity contribution < 1.29 is 28.7 Å². The SMILES string of the molecule is COC(=O)C1C[N+](Cc2ccccc2)(C(=O)O)C(=O)N1C. The first-order valence-electron chi connectivity index (χ1n) is 6.42. The molecule has 112 valence electrons. The summed E-state index contributed by atoms with van der Waals surface area (Å²) < 4.78 is 3.81. The van der Waals surface area contributed by atoms with E-state index in [0.717, 1.165) is 4.90 Å². The molecule has 2 atom stereocenters. The molecule has 1 heterocycles. The Morgan fingerprint density at radius 2 is 2.00 bits per heavy atom. The van der Waals surface area contributed by atoms with Crippen molar-refractivity contribution in [3.63, 3.8) is 0 Å². The summed E-state index contributed by atoms with van der Waals surface area (Å²) >= 11 is 0. The number of ether oxygens (including phenoxy) is 1. The third kappa shape index (κ3) is 2.47. The highest BCUT2D eigenvalue weighted by Gasteiger charge is 2.59. The summed E-state index contributed by atoms with van der Waals surface area (Å²) in [6, 6.07) is 7.35. The molecule has 1 aliphatic rings. The number of likely N-dealkylation sites (N-methyl/N-ethyl adjacent to an activating group) is 1. The van der Waals surface area contributed by atoms with Crippen molar-refractivity contribution in [3.05, 3.63) is 35.9 Å². The van der Waals surface area contributed by atoms with Gasteiger partial charge in [0.15, 0.2) is 6.04 Å². The van der Waals surface area contributed by atoms with Gasteiger partial charge in [-0.05, 0) is 0 Å². The van der Waals surface area contributed by atoms with Crippen molar-refractivity contribution in [1.29, 1.82) is 0 Å². The first kappa shape index (κ1) is 15.0. The van der Waals surface area contributed by atoms with Crippen LogP contribution < -0.4 is 0 Å². The van der Waals surface area contributed by atoms with Crippen LogP contribution in [0.25, 0.3) is 0 Å². The van der Waals surface area contributed by atoms with Gasteiger partial charge < -0.3 is 9.84 Å². The highest BCUT2D eigenvalue weighted by atomic mass is 16.5. The number of carbonyl (C=O) groups is 3. The average molecular weight is 293 g/mol. The van der Waals surface area contributed by atoms with Crippen LogP contribution in [-0.4, -0.2) is 59.3 Å². The van der Waals surface area contributed by atoms with Gasteiger partial charge in [-0.2, -0.15) is 4.79 Å². The molecule has 21 heavy (non-hydrogen) atoms. The van der Waals surface area contributed by atoms with Crippen molar-refractivity contribution in [2.45, 2.75) is 12.6 Å². The number of quaternary nitrogens is 1. The largest absolute Gasteiger partial charge is 0.523 e. The zero-order valence-corrected chi connectivity index (χ0v) is 11.9. The molecule has 1 N–H and O–H groups in total. The van der Waals surface area contributed by atoms with Crippen LogP contribution in [0.1, 0.15) is 5.56 Å². The summed E-state index contributed by atoms with van der Waals surface area (Å²) in [5.41, 5.74) is 0.715. The molecular weight excluding hydrogens is 276 g/mol. The van der Waals surface area contributed by atoms with Crippen LogP contribution in [0.4, 0.5) is 9.59 Å². The molecule has 1 saturated heterocycles. The number of carboxylic acid groups (broad SMARTS) is 1. The number of imide groups is 1. The number of amides is 3. The quantitative estimate of drug-likeness (QED) is 0.670. The average Bonchev–Trinajstić information content (AvgIpc) is 2.74. The van der Waals surface area contributed by atoms with Crippen molar-refractivity contribution in [3.8, 4) is 0 Å². The third-order valence-corrected chi connectivity index (χ3v) is 3.75. The summed E-state index contributed by atoms with van der Waals surface area (Å²) in [7, 11) is 2.63. The number of nitrogens with zero attached hydrogens (tertiary/aromatic N) is 2. The van der Waals surface area contributed by atoms with Crippen molar-refractivity contribution >= 4 is 18.1 Å². The Morgan fingerprint density at radius 1 is 1.38 bits per heavy atom. The number of methoxy groups -OCH3 is 1. The number of hydrogen-bond donors (Lipinski definition) is 1. The smallest absolute Gasteiger partial charge is 0.467 e. The highest BCUT2D eigenvalue weighted by Crippen LogP contribution is 2.27. The van der Waals surface area contributed by atoms with Gasteiger partial charge in [-0.15, -0.1) is 4.48 Å². The molecule has 0 radical (unpaired) electrons. The Balaban J connectivity index is 2.37. The molecule has 1 aromatic carbocycles. The van der Waals surface area contributed by atoms with E-state index in [-0.39, 0.29) is 13.1 Å². The maximum absolute atomic E-state index is 12.4. The second kappa shape index (κ2) is 5.53. The van der Waals surface area contributed by atoms with Gasteiger partial charge in [0.05, 0.1) is 7.11 Å². The van der Waals surface area contributed by atoms with E-state index in [4.69, 9.17) is 0 Å². The van der Waals surface area contributed by atoms with Gasteiger partial charge in [-0.3, -0.25) is 4.90 Å². The number of esters is 1. The van der Waals surface area contributed by atoms with Gasteiger partial charge in [0.25, 0.3) is 0 Å². The van der Waals surface area contributed by atoms with E-state index in [9.17, 15) is 19.5 Å². The highest BCUT2D eigenvalue weighted by molar-refractivity contribution is 5.88. The Labute approximate surface area is 121 Å². The molecule has 3 amide bonds. The van der Waals surface area contributed by atoms with E-state index in [2.05, 4.69) is 4.74 Å². The van der Waals surface area contributed by atoms with Crippen molar-refractivity contribution in [2.24, 2.45) is 0 Å². The van der Waals surface area contributed by atoms with E-state index < -0.39 is 28.6 Å². The van der Waals surface area contributed by atoms with Crippen LogP contribution in [0.3, 0.4) is 0 Å². The lowest BCUT2D eigenvalue weighted by Crippen LogP contribution is -2.53. The molecule has 2 unspecified atom stereocenters. The van der Waals surface area contributed by atoms with Crippen LogP contribution in [0.15, 0.2) is 30.3 Å². The molecule has 0 bridgehead atoms. The Kier molecular flexibility index (Phi) is 3.95. The van der Waals surface area contributed by atoms with Crippen LogP contribution in [0.2, 0.25) is 0 Å². The second-order valence-corrected chi connectivity index (χ2v) is 5.01. The number of urea groups is 1. The maximum Gasteiger partial charge on any atom is 0.523 e. The number of carbonyl (C=O) groups excluding carboxylic acids is 2. The van der Waals surface area contributed by atoms with Crippen molar-refractivity contribution in [1.82, 2.24) is 4.90 Å². The van der Waals surface area contributed by atoms with E-state index in [0.29, 0.717) is 5.56 Å². The molecular formula is C14H17N2O5+. The second-order valence-electron chi connectivity index (χ2n) is 5.01. The van der Waals surface area contributed by atoms with Gasteiger partial charge in [0.2, 0.25) is 0 Å². The fourth-order valence-corrected chi connectivity index (χ4v) is 2.55. The van der Waals surface area contributed by atoms with Crippen LogP contribution >= 0.6 is 0 Å². The molecule has 7 heteroatoms. The molecule has 7 nitrogen and oxygen atoms in total. The zero-order valence-electron chi connectivity index (χ0n) is 11.9. The fraction of sp³-hybridized carbons (Fsp3) is 0.357. The van der Waals surface area contributed by atoms with Crippen LogP contribution in [-0.2, 0) is 16.1 Å². The van der Waals surface area contributed by atoms with Crippen LogP contribution in [0.5, 0.6) is 0 Å². The predicted molar refractivity (Wildman–Crippen MR) is 72.3 cm³/mol. The summed E-state index contributed by atoms with van der Waals surface area (Å²) in [6.45, 7) is -0.154. The monoisotopic (exact) mass is 293 g/mol. The van der Waals surface area contributed by atoms with Gasteiger partial charge in [0.1, 0.15) is 13.1 Å². The zero-order chi connectivity index (χ0) is 15.6. The van der Waals surface area contributed by atoms with Gasteiger partial charge in [0, 0.05) is 12.6 Å². The summed E-state index contributed by atoms with van der Waals surface area (Å²) in [5.74, 6) is -0.611. The van der Waals surface area contributed by atoms with E-state index in [1.54, 1.807) is 24.3 Å². The Bertz CT molecular complexity index is 574. The lowest BCUT2D eigenvalue weighted by atomic mass is 10.2. The normalized spacial score (nSPS) is 25.0. The Hall–Kier alpha value is -2.41. The number of hydrogen-bond acceptors (Lipinski definition) is 4. The summed E-state index contributed by atoms with van der Waals surface area (Å²) in [6.07, 6.45) is -1.28. The van der Waals surface area contributed by atoms with Crippen molar-refractivity contribution in [2.75, 3.05) is 20.7 Å². The molecule has 0 aliphatic carbocycles. The molecule has 0 aromatic heterocycles. The molecule has 1 aliphatic heterocycles. The minimum absolute atomic E-state index is 0.00710. The van der Waals surface area contributed by atoms with Gasteiger partial charge in [-0.1, -0.05) is 30.3 Å². The maximum atomic E-state index is 12.4. The van der Waals surface area contributed by atoms with Gasteiger partial charge in [-0.25, -0.2) is 9.59 Å². The predicted octanol–water partition coefficient (Wildman–Crippen LogP) is 1.29. The Morgan fingerprint density at radius 3 is 2.52 bits per heavy atom. The van der Waals surface area contributed by atoms with E-state index >= 15 is 0 Å². The standard InChI is InChI=1S/C14H16N2O5/c1-15-11(12(17)21-2)9-16(13(15)18,14(19)20)8-10-6-4-3-5-7-10/h3-7,11H,8-9H2,1-2H3/p+1. The third-order valence-electron chi connectivity index (χ3n) is 3.75. The minimum Gasteiger partial charge on any atom is -0.467 e. The lowest BCUT2D eigenvalue weighted by molar-refractivity contribution is -0.782. The first-order valence-corrected chi connectivity index (χ1v) is 6.42. The van der Waals surface area contributed by atoms with E-state index in [1.807, 2.05) is 6.07 Å². The molecule has 1 fully saturated rings. The van der Waals surface area contributed by atoms with Gasteiger partial charge >= 0.3 is 18.1 Å². The van der Waals surface area contributed by atoms with E-state index in [1.165, 1.54) is 14.2 Å². The van der Waals surface area contributed by atoms with Crippen LogP contribution in [0, 0.1) is 0 Å². The molecule has 0 spiro atoms. The number of benzene rings is 1. The fourth-order valence-electron chi connectivity index (χ4n) is 2.55. The topological polar surface area (TPSA) is 83.9 Å². The molecule has 2 rings (SSSR count).